The molecule has 1 saturated heterocycles. The van der Waals surface area contributed by atoms with Crippen LogP contribution in [0.1, 0.15) is 38.7 Å². The molecular weight excluding hydrogens is 326 g/mol. The minimum Gasteiger partial charge on any atom is -0.353 e. The highest BCUT2D eigenvalue weighted by atomic mass is 16.2. The molecule has 2 amide bonds. The number of rotatable bonds is 8. The van der Waals surface area contributed by atoms with Crippen LogP contribution in [0.15, 0.2) is 30.3 Å². The van der Waals surface area contributed by atoms with Crippen LogP contribution in [0, 0.1) is 11.8 Å². The summed E-state index contributed by atoms with van der Waals surface area (Å²) in [6.07, 6.45) is 2.70. The van der Waals surface area contributed by atoms with Crippen molar-refractivity contribution in [3.8, 4) is 0 Å². The standard InChI is InChI=1S/C21H31N3O2/c1-16(2)13-23-11-10-22-21(26)19(23)12-20(25)24(15-18-8-9-18)14-17-6-4-3-5-7-17/h3-7,16,18-19H,8-15H2,1-2H3,(H,22,26)/t19-/m1/s1. The summed E-state index contributed by atoms with van der Waals surface area (Å²) in [5, 5.41) is 2.93. The molecule has 1 saturated carbocycles. The molecule has 0 unspecified atom stereocenters. The zero-order valence-corrected chi connectivity index (χ0v) is 16.0. The van der Waals surface area contributed by atoms with E-state index in [0.29, 0.717) is 24.9 Å². The number of carbonyl (C=O) groups excluding carboxylic acids is 2. The van der Waals surface area contributed by atoms with E-state index in [2.05, 4.69) is 36.2 Å². The lowest BCUT2D eigenvalue weighted by Gasteiger charge is -2.36. The second kappa shape index (κ2) is 8.67. The van der Waals surface area contributed by atoms with Crippen molar-refractivity contribution in [3.05, 3.63) is 35.9 Å². The molecule has 1 aromatic rings. The van der Waals surface area contributed by atoms with Gasteiger partial charge in [0.2, 0.25) is 11.8 Å². The zero-order valence-electron chi connectivity index (χ0n) is 16.0. The second-order valence-corrected chi connectivity index (χ2v) is 8.10. The van der Waals surface area contributed by atoms with Gasteiger partial charge in [0.05, 0.1) is 12.5 Å². The van der Waals surface area contributed by atoms with Crippen LogP contribution >= 0.6 is 0 Å². The fourth-order valence-electron chi connectivity index (χ4n) is 3.64. The van der Waals surface area contributed by atoms with E-state index < -0.39 is 0 Å². The minimum absolute atomic E-state index is 0.00340. The molecule has 2 aliphatic rings. The van der Waals surface area contributed by atoms with E-state index in [0.717, 1.165) is 25.2 Å². The maximum atomic E-state index is 13.1. The Balaban J connectivity index is 1.67. The molecule has 1 aliphatic heterocycles. The normalized spacial score (nSPS) is 20.9. The van der Waals surface area contributed by atoms with Crippen LogP contribution in [0.2, 0.25) is 0 Å². The van der Waals surface area contributed by atoms with E-state index in [1.807, 2.05) is 23.1 Å². The number of piperazine rings is 1. The number of nitrogens with one attached hydrogen (secondary N) is 1. The molecule has 0 aromatic heterocycles. The van der Waals surface area contributed by atoms with Crippen molar-refractivity contribution < 1.29 is 9.59 Å². The molecule has 5 nitrogen and oxygen atoms in total. The lowest BCUT2D eigenvalue weighted by atomic mass is 10.0. The Morgan fingerprint density at radius 3 is 2.65 bits per heavy atom. The molecule has 1 heterocycles. The first kappa shape index (κ1) is 18.9. The summed E-state index contributed by atoms with van der Waals surface area (Å²) < 4.78 is 0. The van der Waals surface area contributed by atoms with Crippen LogP contribution < -0.4 is 5.32 Å². The van der Waals surface area contributed by atoms with Gasteiger partial charge in [0, 0.05) is 32.7 Å². The fraction of sp³-hybridized carbons (Fsp3) is 0.619. The minimum atomic E-state index is -0.337. The molecule has 1 N–H and O–H groups in total. The van der Waals surface area contributed by atoms with Crippen LogP contribution in [-0.4, -0.2) is 53.8 Å². The van der Waals surface area contributed by atoms with Gasteiger partial charge in [-0.25, -0.2) is 0 Å². The van der Waals surface area contributed by atoms with Crippen LogP contribution in [-0.2, 0) is 16.1 Å². The van der Waals surface area contributed by atoms with E-state index in [1.165, 1.54) is 12.8 Å². The first-order valence-electron chi connectivity index (χ1n) is 9.86. The van der Waals surface area contributed by atoms with Crippen molar-refractivity contribution in [3.63, 3.8) is 0 Å². The molecule has 2 fully saturated rings. The summed E-state index contributed by atoms with van der Waals surface area (Å²) in [7, 11) is 0. The molecule has 5 heteroatoms. The summed E-state index contributed by atoms with van der Waals surface area (Å²) in [5.74, 6) is 1.20. The van der Waals surface area contributed by atoms with Crippen molar-refractivity contribution in [1.82, 2.24) is 15.1 Å². The monoisotopic (exact) mass is 357 g/mol. The fourth-order valence-corrected chi connectivity index (χ4v) is 3.64. The number of hydrogen-bond donors (Lipinski definition) is 1. The molecule has 0 bridgehead atoms. The Morgan fingerprint density at radius 1 is 1.27 bits per heavy atom. The molecule has 0 spiro atoms. The Bertz CT molecular complexity index is 613. The Morgan fingerprint density at radius 2 is 2.00 bits per heavy atom. The molecular formula is C21H31N3O2. The lowest BCUT2D eigenvalue weighted by molar-refractivity contribution is -0.139. The van der Waals surface area contributed by atoms with E-state index in [9.17, 15) is 9.59 Å². The van der Waals surface area contributed by atoms with Gasteiger partial charge in [-0.2, -0.15) is 0 Å². The van der Waals surface area contributed by atoms with Gasteiger partial charge in [-0.15, -0.1) is 0 Å². The third kappa shape index (κ3) is 5.31. The van der Waals surface area contributed by atoms with Crippen molar-refractivity contribution in [2.24, 2.45) is 11.8 Å². The van der Waals surface area contributed by atoms with Gasteiger partial charge in [0.25, 0.3) is 0 Å². The second-order valence-electron chi connectivity index (χ2n) is 8.10. The van der Waals surface area contributed by atoms with Crippen molar-refractivity contribution in [2.45, 2.75) is 45.7 Å². The molecule has 142 valence electrons. The average Bonchev–Trinajstić information content (AvgIpc) is 3.42. The Kier molecular flexibility index (Phi) is 6.30. The average molecular weight is 357 g/mol. The first-order chi connectivity index (χ1) is 12.5. The third-order valence-corrected chi connectivity index (χ3v) is 5.15. The number of amides is 2. The smallest absolute Gasteiger partial charge is 0.237 e. The van der Waals surface area contributed by atoms with Gasteiger partial charge >= 0.3 is 0 Å². The summed E-state index contributed by atoms with van der Waals surface area (Å²) in [5.41, 5.74) is 1.15. The highest BCUT2D eigenvalue weighted by Crippen LogP contribution is 2.30. The first-order valence-corrected chi connectivity index (χ1v) is 9.86. The number of carbonyl (C=O) groups is 2. The summed E-state index contributed by atoms with van der Waals surface area (Å²) in [4.78, 5) is 29.6. The molecule has 1 aromatic carbocycles. The lowest BCUT2D eigenvalue weighted by Crippen LogP contribution is -2.57. The van der Waals surface area contributed by atoms with E-state index in [-0.39, 0.29) is 24.3 Å². The van der Waals surface area contributed by atoms with Gasteiger partial charge in [-0.3, -0.25) is 14.5 Å². The predicted octanol–water partition coefficient (Wildman–Crippen LogP) is 2.27. The molecule has 1 atom stereocenters. The maximum absolute atomic E-state index is 13.1. The SMILES string of the molecule is CC(C)CN1CCNC(=O)[C@H]1CC(=O)N(Cc1ccccc1)CC1CC1. The molecule has 3 rings (SSSR count). The van der Waals surface area contributed by atoms with Gasteiger partial charge in [-0.05, 0) is 30.2 Å². The highest BCUT2D eigenvalue weighted by Gasteiger charge is 2.34. The van der Waals surface area contributed by atoms with Crippen LogP contribution in [0.5, 0.6) is 0 Å². The largest absolute Gasteiger partial charge is 0.353 e. The van der Waals surface area contributed by atoms with E-state index in [4.69, 9.17) is 0 Å². The van der Waals surface area contributed by atoms with Crippen LogP contribution in [0.25, 0.3) is 0 Å². The number of benzene rings is 1. The van der Waals surface area contributed by atoms with Crippen molar-refractivity contribution in [1.29, 1.82) is 0 Å². The van der Waals surface area contributed by atoms with E-state index >= 15 is 0 Å². The quantitative estimate of drug-likeness (QED) is 0.776. The number of nitrogens with zero attached hydrogens (tertiary/aromatic N) is 2. The van der Waals surface area contributed by atoms with Gasteiger partial charge in [0.1, 0.15) is 0 Å². The van der Waals surface area contributed by atoms with Gasteiger partial charge in [-0.1, -0.05) is 44.2 Å². The van der Waals surface area contributed by atoms with Gasteiger partial charge in [0.15, 0.2) is 0 Å². The maximum Gasteiger partial charge on any atom is 0.237 e. The molecule has 1 aliphatic carbocycles. The topological polar surface area (TPSA) is 52.7 Å². The van der Waals surface area contributed by atoms with Crippen LogP contribution in [0.4, 0.5) is 0 Å². The number of hydrogen-bond acceptors (Lipinski definition) is 3. The predicted molar refractivity (Wildman–Crippen MR) is 102 cm³/mol. The van der Waals surface area contributed by atoms with Crippen molar-refractivity contribution in [2.75, 3.05) is 26.2 Å². The van der Waals surface area contributed by atoms with Gasteiger partial charge < -0.3 is 10.2 Å². The summed E-state index contributed by atoms with van der Waals surface area (Å²) >= 11 is 0. The molecule has 26 heavy (non-hydrogen) atoms. The molecule has 0 radical (unpaired) electrons. The summed E-state index contributed by atoms with van der Waals surface area (Å²) in [6, 6.07) is 9.79. The third-order valence-electron chi connectivity index (χ3n) is 5.15. The van der Waals surface area contributed by atoms with Crippen LogP contribution in [0.3, 0.4) is 0 Å². The Labute approximate surface area is 156 Å². The van der Waals surface area contributed by atoms with Crippen molar-refractivity contribution >= 4 is 11.8 Å². The Hall–Kier alpha value is -1.88. The summed E-state index contributed by atoms with van der Waals surface area (Å²) in [6.45, 7) is 8.10. The van der Waals surface area contributed by atoms with E-state index in [1.54, 1.807) is 0 Å². The zero-order chi connectivity index (χ0) is 18.5. The highest BCUT2D eigenvalue weighted by molar-refractivity contribution is 5.88.